The summed E-state index contributed by atoms with van der Waals surface area (Å²) < 4.78 is 19.3. The Bertz CT molecular complexity index is 442. The molecule has 2 nitrogen and oxygen atoms in total. The molecule has 0 heterocycles. The first-order valence-corrected chi connectivity index (χ1v) is 6.98. The summed E-state index contributed by atoms with van der Waals surface area (Å²) >= 11 is 5.83. The molecule has 1 aromatic rings. The molecule has 0 atom stereocenters. The molecular formula is C15H20ClFO2. The SMILES string of the molecule is CCOC(CC)(CC)C(=O)Cc1cc(Cl)ccc1F. The predicted molar refractivity (Wildman–Crippen MR) is 75.1 cm³/mol. The van der Waals surface area contributed by atoms with Gasteiger partial charge in [0.05, 0.1) is 0 Å². The van der Waals surface area contributed by atoms with Crippen LogP contribution in [-0.2, 0) is 16.0 Å². The molecule has 0 fully saturated rings. The molecule has 1 rings (SSSR count). The maximum absolute atomic E-state index is 13.7. The Morgan fingerprint density at radius 1 is 1.32 bits per heavy atom. The van der Waals surface area contributed by atoms with E-state index in [1.54, 1.807) is 0 Å². The van der Waals surface area contributed by atoms with Gasteiger partial charge in [0.25, 0.3) is 0 Å². The number of benzene rings is 1. The molecule has 0 spiro atoms. The van der Waals surface area contributed by atoms with E-state index in [-0.39, 0.29) is 12.2 Å². The van der Waals surface area contributed by atoms with Crippen LogP contribution in [0.2, 0.25) is 5.02 Å². The van der Waals surface area contributed by atoms with Crippen molar-refractivity contribution in [1.82, 2.24) is 0 Å². The zero-order valence-electron chi connectivity index (χ0n) is 11.6. The number of hydrogen-bond donors (Lipinski definition) is 0. The van der Waals surface area contributed by atoms with Crippen LogP contribution in [0, 0.1) is 5.82 Å². The smallest absolute Gasteiger partial charge is 0.169 e. The summed E-state index contributed by atoms with van der Waals surface area (Å²) in [6.45, 7) is 6.13. The van der Waals surface area contributed by atoms with Crippen LogP contribution in [0.1, 0.15) is 39.2 Å². The van der Waals surface area contributed by atoms with Gasteiger partial charge in [0.2, 0.25) is 0 Å². The average Bonchev–Trinajstić information content (AvgIpc) is 2.40. The Hall–Kier alpha value is -0.930. The third-order valence-electron chi connectivity index (χ3n) is 3.43. The van der Waals surface area contributed by atoms with Gasteiger partial charge in [0, 0.05) is 18.1 Å². The van der Waals surface area contributed by atoms with Gasteiger partial charge in [-0.25, -0.2) is 4.39 Å². The number of hydrogen-bond acceptors (Lipinski definition) is 2. The van der Waals surface area contributed by atoms with Gasteiger partial charge in [-0.2, -0.15) is 0 Å². The summed E-state index contributed by atoms with van der Waals surface area (Å²) in [5.74, 6) is -0.504. The van der Waals surface area contributed by atoms with Crippen LogP contribution >= 0.6 is 11.6 Å². The molecule has 0 aliphatic carbocycles. The van der Waals surface area contributed by atoms with E-state index in [2.05, 4.69) is 0 Å². The summed E-state index contributed by atoms with van der Waals surface area (Å²) in [6, 6.07) is 4.25. The summed E-state index contributed by atoms with van der Waals surface area (Å²) in [7, 11) is 0. The zero-order chi connectivity index (χ0) is 14.5. The highest BCUT2D eigenvalue weighted by molar-refractivity contribution is 6.30. The molecule has 4 heteroatoms. The molecule has 0 amide bonds. The summed E-state index contributed by atoms with van der Waals surface area (Å²) in [5.41, 5.74) is -0.493. The number of Topliss-reactive ketones (excluding diaryl/α,β-unsaturated/α-hetero) is 1. The van der Waals surface area contributed by atoms with Crippen molar-refractivity contribution in [2.24, 2.45) is 0 Å². The van der Waals surface area contributed by atoms with E-state index < -0.39 is 11.4 Å². The first kappa shape index (κ1) is 16.1. The molecule has 0 N–H and O–H groups in total. The van der Waals surface area contributed by atoms with Crippen LogP contribution in [0.25, 0.3) is 0 Å². The molecule has 106 valence electrons. The maximum atomic E-state index is 13.7. The molecule has 19 heavy (non-hydrogen) atoms. The third-order valence-corrected chi connectivity index (χ3v) is 3.66. The Labute approximate surface area is 118 Å². The quantitative estimate of drug-likeness (QED) is 0.751. The molecular weight excluding hydrogens is 267 g/mol. The van der Waals surface area contributed by atoms with Crippen LogP contribution < -0.4 is 0 Å². The Balaban J connectivity index is 2.96. The molecule has 0 saturated heterocycles. The molecule has 0 aliphatic rings. The van der Waals surface area contributed by atoms with Crippen LogP contribution in [0.4, 0.5) is 4.39 Å². The first-order valence-electron chi connectivity index (χ1n) is 6.60. The van der Waals surface area contributed by atoms with Crippen LogP contribution in [0.15, 0.2) is 18.2 Å². The number of rotatable bonds is 7. The fourth-order valence-corrected chi connectivity index (χ4v) is 2.41. The van der Waals surface area contributed by atoms with Crippen LogP contribution in [0.3, 0.4) is 0 Å². The monoisotopic (exact) mass is 286 g/mol. The molecule has 1 aromatic carbocycles. The molecule has 0 bridgehead atoms. The van der Waals surface area contributed by atoms with E-state index in [1.807, 2.05) is 20.8 Å². The van der Waals surface area contributed by atoms with Gasteiger partial charge in [0.15, 0.2) is 5.78 Å². The lowest BCUT2D eigenvalue weighted by Gasteiger charge is -2.30. The molecule has 0 aromatic heterocycles. The second kappa shape index (κ2) is 7.01. The topological polar surface area (TPSA) is 26.3 Å². The van der Waals surface area contributed by atoms with Crippen molar-refractivity contribution < 1.29 is 13.9 Å². The standard InChI is InChI=1S/C15H20ClFO2/c1-4-15(5-2,19-6-3)14(18)10-11-9-12(16)7-8-13(11)17/h7-9H,4-6,10H2,1-3H3. The van der Waals surface area contributed by atoms with E-state index in [4.69, 9.17) is 16.3 Å². The fourth-order valence-electron chi connectivity index (χ4n) is 2.22. The largest absolute Gasteiger partial charge is 0.368 e. The summed E-state index contributed by atoms with van der Waals surface area (Å²) in [5, 5.41) is 0.430. The van der Waals surface area contributed by atoms with Crippen molar-refractivity contribution in [3.63, 3.8) is 0 Å². The highest BCUT2D eigenvalue weighted by Crippen LogP contribution is 2.25. The van der Waals surface area contributed by atoms with Crippen LogP contribution in [0.5, 0.6) is 0 Å². The van der Waals surface area contributed by atoms with E-state index in [0.29, 0.717) is 30.0 Å². The minimum Gasteiger partial charge on any atom is -0.368 e. The lowest BCUT2D eigenvalue weighted by atomic mass is 9.88. The number of halogens is 2. The number of carbonyl (C=O) groups is 1. The number of ether oxygens (including phenoxy) is 1. The maximum Gasteiger partial charge on any atom is 0.169 e. The minimum atomic E-state index is -0.816. The van der Waals surface area contributed by atoms with E-state index in [0.717, 1.165) is 0 Å². The molecule has 0 unspecified atom stereocenters. The van der Waals surface area contributed by atoms with Crippen LogP contribution in [-0.4, -0.2) is 18.0 Å². The van der Waals surface area contributed by atoms with Gasteiger partial charge in [0.1, 0.15) is 11.4 Å². The van der Waals surface area contributed by atoms with Crippen molar-refractivity contribution in [3.05, 3.63) is 34.6 Å². The van der Waals surface area contributed by atoms with E-state index in [9.17, 15) is 9.18 Å². The second-order valence-corrected chi connectivity index (χ2v) is 4.91. The van der Waals surface area contributed by atoms with Crippen molar-refractivity contribution in [2.75, 3.05) is 6.61 Å². The first-order chi connectivity index (χ1) is 8.99. The Morgan fingerprint density at radius 3 is 2.47 bits per heavy atom. The molecule has 0 aliphatic heterocycles. The lowest BCUT2D eigenvalue weighted by molar-refractivity contribution is -0.144. The lowest BCUT2D eigenvalue weighted by Crippen LogP contribution is -2.41. The van der Waals surface area contributed by atoms with Gasteiger partial charge in [-0.15, -0.1) is 0 Å². The highest BCUT2D eigenvalue weighted by atomic mass is 35.5. The number of ketones is 1. The third kappa shape index (κ3) is 3.77. The zero-order valence-corrected chi connectivity index (χ0v) is 12.4. The Kier molecular flexibility index (Phi) is 5.95. The van der Waals surface area contributed by atoms with Crippen molar-refractivity contribution in [3.8, 4) is 0 Å². The van der Waals surface area contributed by atoms with Crippen molar-refractivity contribution in [1.29, 1.82) is 0 Å². The van der Waals surface area contributed by atoms with Gasteiger partial charge in [-0.05, 0) is 43.5 Å². The molecule has 0 radical (unpaired) electrons. The highest BCUT2D eigenvalue weighted by Gasteiger charge is 2.35. The van der Waals surface area contributed by atoms with Crippen molar-refractivity contribution >= 4 is 17.4 Å². The second-order valence-electron chi connectivity index (χ2n) is 4.47. The Morgan fingerprint density at radius 2 is 1.95 bits per heavy atom. The van der Waals surface area contributed by atoms with E-state index in [1.165, 1.54) is 18.2 Å². The summed E-state index contributed by atoms with van der Waals surface area (Å²) in [6.07, 6.45) is 1.17. The average molecular weight is 287 g/mol. The normalized spacial score (nSPS) is 11.6. The van der Waals surface area contributed by atoms with Gasteiger partial charge in [-0.1, -0.05) is 25.4 Å². The minimum absolute atomic E-state index is 0.00801. The van der Waals surface area contributed by atoms with E-state index >= 15 is 0 Å². The molecule has 0 saturated carbocycles. The predicted octanol–water partition coefficient (Wildman–Crippen LogP) is 4.19. The summed E-state index contributed by atoms with van der Waals surface area (Å²) in [4.78, 5) is 12.4. The van der Waals surface area contributed by atoms with Crippen molar-refractivity contribution in [2.45, 2.75) is 45.6 Å². The van der Waals surface area contributed by atoms with Gasteiger partial charge < -0.3 is 4.74 Å². The number of carbonyl (C=O) groups excluding carboxylic acids is 1. The van der Waals surface area contributed by atoms with Gasteiger partial charge in [-0.3, -0.25) is 4.79 Å². The van der Waals surface area contributed by atoms with Gasteiger partial charge >= 0.3 is 0 Å². The fraction of sp³-hybridized carbons (Fsp3) is 0.533.